The highest BCUT2D eigenvalue weighted by atomic mass is 32.1. The molecule has 0 aliphatic heterocycles. The smallest absolute Gasteiger partial charge is 0.275 e. The SMILES string of the molecule is CCOc1nc2cc(F)c(OCC3CCC3)nc2s1. The Bertz CT molecular complexity index is 583. The fourth-order valence-electron chi connectivity index (χ4n) is 1.95. The van der Waals surface area contributed by atoms with E-state index in [4.69, 9.17) is 9.47 Å². The van der Waals surface area contributed by atoms with Crippen molar-refractivity contribution in [3.63, 3.8) is 0 Å². The molecule has 0 unspecified atom stereocenters. The van der Waals surface area contributed by atoms with Crippen LogP contribution in [0.3, 0.4) is 0 Å². The number of fused-ring (bicyclic) bond motifs is 1. The molecule has 0 atom stereocenters. The maximum Gasteiger partial charge on any atom is 0.275 e. The number of aromatic nitrogens is 2. The van der Waals surface area contributed by atoms with Crippen LogP contribution in [0, 0.1) is 11.7 Å². The minimum absolute atomic E-state index is 0.0751. The van der Waals surface area contributed by atoms with E-state index in [0.29, 0.717) is 34.7 Å². The van der Waals surface area contributed by atoms with Gasteiger partial charge in [0.1, 0.15) is 5.52 Å². The largest absolute Gasteiger partial charge is 0.475 e. The summed E-state index contributed by atoms with van der Waals surface area (Å²) in [6, 6.07) is 1.36. The first-order chi connectivity index (χ1) is 9.26. The summed E-state index contributed by atoms with van der Waals surface area (Å²) in [4.78, 5) is 9.00. The van der Waals surface area contributed by atoms with Crippen molar-refractivity contribution in [2.75, 3.05) is 13.2 Å². The van der Waals surface area contributed by atoms with E-state index in [2.05, 4.69) is 9.97 Å². The summed E-state index contributed by atoms with van der Waals surface area (Å²) in [6.45, 7) is 2.97. The Morgan fingerprint density at radius 1 is 1.37 bits per heavy atom. The molecule has 1 aliphatic carbocycles. The number of hydrogen-bond donors (Lipinski definition) is 0. The molecule has 1 aliphatic rings. The molecule has 1 fully saturated rings. The van der Waals surface area contributed by atoms with E-state index in [1.165, 1.54) is 36.7 Å². The predicted molar refractivity (Wildman–Crippen MR) is 71.4 cm³/mol. The van der Waals surface area contributed by atoms with Gasteiger partial charge in [-0.25, -0.2) is 9.37 Å². The molecule has 6 heteroatoms. The zero-order valence-corrected chi connectivity index (χ0v) is 11.5. The van der Waals surface area contributed by atoms with E-state index in [0.717, 1.165) is 0 Å². The van der Waals surface area contributed by atoms with E-state index in [9.17, 15) is 4.39 Å². The maximum absolute atomic E-state index is 13.8. The van der Waals surface area contributed by atoms with Gasteiger partial charge in [-0.2, -0.15) is 4.98 Å². The van der Waals surface area contributed by atoms with Crippen molar-refractivity contribution in [3.8, 4) is 11.1 Å². The van der Waals surface area contributed by atoms with Crippen LogP contribution < -0.4 is 9.47 Å². The molecule has 102 valence electrons. The molecule has 0 amide bonds. The highest BCUT2D eigenvalue weighted by Crippen LogP contribution is 2.31. The third-order valence-corrected chi connectivity index (χ3v) is 4.11. The van der Waals surface area contributed by atoms with Gasteiger partial charge in [-0.3, -0.25) is 0 Å². The van der Waals surface area contributed by atoms with Gasteiger partial charge in [-0.1, -0.05) is 17.8 Å². The second-order valence-electron chi connectivity index (χ2n) is 4.62. The third-order valence-electron chi connectivity index (χ3n) is 3.23. The average molecular weight is 282 g/mol. The van der Waals surface area contributed by atoms with Crippen molar-refractivity contribution in [2.45, 2.75) is 26.2 Å². The summed E-state index contributed by atoms with van der Waals surface area (Å²) >= 11 is 1.31. The average Bonchev–Trinajstić information content (AvgIpc) is 2.69. The first kappa shape index (κ1) is 12.6. The van der Waals surface area contributed by atoms with Gasteiger partial charge in [0.05, 0.1) is 13.2 Å². The van der Waals surface area contributed by atoms with Gasteiger partial charge in [-0.05, 0) is 25.7 Å². The molecule has 0 spiro atoms. The highest BCUT2D eigenvalue weighted by Gasteiger charge is 2.20. The molecule has 0 bridgehead atoms. The van der Waals surface area contributed by atoms with E-state index < -0.39 is 5.82 Å². The van der Waals surface area contributed by atoms with Crippen molar-refractivity contribution < 1.29 is 13.9 Å². The molecule has 0 radical (unpaired) electrons. The quantitative estimate of drug-likeness (QED) is 0.843. The van der Waals surface area contributed by atoms with E-state index in [-0.39, 0.29) is 5.88 Å². The first-order valence-electron chi connectivity index (χ1n) is 6.49. The molecule has 1 saturated carbocycles. The Balaban J connectivity index is 1.80. The standard InChI is InChI=1S/C13H15FN2O2S/c1-2-17-13-15-10-6-9(14)11(16-12(10)19-13)18-7-8-4-3-5-8/h6,8H,2-5,7H2,1H3. The van der Waals surface area contributed by atoms with Gasteiger partial charge >= 0.3 is 0 Å². The van der Waals surface area contributed by atoms with Crippen LogP contribution in [0.5, 0.6) is 11.1 Å². The van der Waals surface area contributed by atoms with Crippen LogP contribution >= 0.6 is 11.3 Å². The molecule has 2 heterocycles. The Labute approximate surface area is 114 Å². The second kappa shape index (κ2) is 5.28. The lowest BCUT2D eigenvalue weighted by Crippen LogP contribution is -2.19. The predicted octanol–water partition coefficient (Wildman–Crippen LogP) is 3.41. The van der Waals surface area contributed by atoms with Gasteiger partial charge in [0.2, 0.25) is 0 Å². The van der Waals surface area contributed by atoms with Crippen LogP contribution in [0.4, 0.5) is 4.39 Å². The summed E-state index contributed by atoms with van der Waals surface area (Å²) < 4.78 is 24.6. The van der Waals surface area contributed by atoms with Crippen LogP contribution in [-0.2, 0) is 0 Å². The lowest BCUT2D eigenvalue weighted by atomic mass is 9.86. The zero-order valence-electron chi connectivity index (χ0n) is 10.7. The van der Waals surface area contributed by atoms with Crippen molar-refractivity contribution in [2.24, 2.45) is 5.92 Å². The molecule has 0 saturated heterocycles. The Morgan fingerprint density at radius 2 is 2.21 bits per heavy atom. The fourth-order valence-corrected chi connectivity index (χ4v) is 2.77. The van der Waals surface area contributed by atoms with Crippen molar-refractivity contribution in [3.05, 3.63) is 11.9 Å². The summed E-state index contributed by atoms with van der Waals surface area (Å²) in [5.74, 6) is 0.170. The second-order valence-corrected chi connectivity index (χ2v) is 5.56. The lowest BCUT2D eigenvalue weighted by molar-refractivity contribution is 0.170. The van der Waals surface area contributed by atoms with Crippen LogP contribution in [0.2, 0.25) is 0 Å². The molecule has 3 rings (SSSR count). The number of halogens is 1. The molecule has 0 N–H and O–H groups in total. The summed E-state index contributed by atoms with van der Waals surface area (Å²) in [5, 5.41) is 0.514. The summed E-state index contributed by atoms with van der Waals surface area (Å²) in [5.41, 5.74) is 0.516. The van der Waals surface area contributed by atoms with Gasteiger partial charge < -0.3 is 9.47 Å². The first-order valence-corrected chi connectivity index (χ1v) is 7.30. The molecular formula is C13H15FN2O2S. The molecule has 2 aromatic heterocycles. The minimum atomic E-state index is -0.458. The summed E-state index contributed by atoms with van der Waals surface area (Å²) in [7, 11) is 0. The van der Waals surface area contributed by atoms with Crippen molar-refractivity contribution >= 4 is 21.7 Å². The van der Waals surface area contributed by atoms with E-state index in [1.807, 2.05) is 6.92 Å². The van der Waals surface area contributed by atoms with Gasteiger partial charge in [0.25, 0.3) is 11.1 Å². The monoisotopic (exact) mass is 282 g/mol. The number of hydrogen-bond acceptors (Lipinski definition) is 5. The molecule has 4 nitrogen and oxygen atoms in total. The van der Waals surface area contributed by atoms with Crippen LogP contribution in [-0.4, -0.2) is 23.2 Å². The third kappa shape index (κ3) is 2.63. The molecule has 2 aromatic rings. The van der Waals surface area contributed by atoms with Crippen LogP contribution in [0.15, 0.2) is 6.07 Å². The topological polar surface area (TPSA) is 44.2 Å². The number of ether oxygens (including phenoxy) is 2. The maximum atomic E-state index is 13.8. The Hall–Kier alpha value is -1.43. The van der Waals surface area contributed by atoms with Gasteiger partial charge in [-0.15, -0.1) is 0 Å². The molecule has 19 heavy (non-hydrogen) atoms. The van der Waals surface area contributed by atoms with Gasteiger partial charge in [0, 0.05) is 6.07 Å². The number of thiazole rings is 1. The van der Waals surface area contributed by atoms with Crippen LogP contribution in [0.25, 0.3) is 10.3 Å². The lowest BCUT2D eigenvalue weighted by Gasteiger charge is -2.24. The van der Waals surface area contributed by atoms with Crippen molar-refractivity contribution in [1.29, 1.82) is 0 Å². The normalized spacial score (nSPS) is 15.5. The van der Waals surface area contributed by atoms with Crippen molar-refractivity contribution in [1.82, 2.24) is 9.97 Å². The molecule has 0 aromatic carbocycles. The Morgan fingerprint density at radius 3 is 2.89 bits per heavy atom. The molecular weight excluding hydrogens is 267 g/mol. The van der Waals surface area contributed by atoms with Gasteiger partial charge in [0.15, 0.2) is 10.6 Å². The minimum Gasteiger partial charge on any atom is -0.475 e. The number of nitrogens with zero attached hydrogens (tertiary/aromatic N) is 2. The zero-order chi connectivity index (χ0) is 13.2. The number of rotatable bonds is 5. The Kier molecular flexibility index (Phi) is 3.50. The van der Waals surface area contributed by atoms with E-state index >= 15 is 0 Å². The summed E-state index contributed by atoms with van der Waals surface area (Å²) in [6.07, 6.45) is 3.58. The highest BCUT2D eigenvalue weighted by molar-refractivity contribution is 7.19. The van der Waals surface area contributed by atoms with Crippen LogP contribution in [0.1, 0.15) is 26.2 Å². The number of pyridine rings is 1. The van der Waals surface area contributed by atoms with E-state index in [1.54, 1.807) is 0 Å². The fraction of sp³-hybridized carbons (Fsp3) is 0.538.